The van der Waals surface area contributed by atoms with Crippen molar-refractivity contribution < 1.29 is 22.1 Å². The van der Waals surface area contributed by atoms with Crippen molar-refractivity contribution in [3.63, 3.8) is 0 Å². The van der Waals surface area contributed by atoms with Gasteiger partial charge in [0.25, 0.3) is 0 Å². The lowest BCUT2D eigenvalue weighted by atomic mass is 10.0. The molecule has 0 bridgehead atoms. The maximum absolute atomic E-state index is 12.7. The van der Waals surface area contributed by atoms with Crippen LogP contribution in [0.5, 0.6) is 5.75 Å². The molecule has 1 fully saturated rings. The monoisotopic (exact) mass is 361 g/mol. The van der Waals surface area contributed by atoms with E-state index >= 15 is 0 Å². The molecule has 1 aliphatic heterocycles. The summed E-state index contributed by atoms with van der Waals surface area (Å²) in [4.78, 5) is 4.43. The molecule has 1 aliphatic rings. The highest BCUT2D eigenvalue weighted by atomic mass is 32.2. The second-order valence-corrected chi connectivity index (χ2v) is 7.51. The van der Waals surface area contributed by atoms with Crippen LogP contribution in [0.2, 0.25) is 0 Å². The Morgan fingerprint density at radius 1 is 1.20 bits per heavy atom. The third-order valence-corrected chi connectivity index (χ3v) is 5.94. The Kier molecular flexibility index (Phi) is 3.81. The predicted octanol–water partition coefficient (Wildman–Crippen LogP) is 2.13. The summed E-state index contributed by atoms with van der Waals surface area (Å²) in [7, 11) is -2.18. The normalized spacial score (nSPS) is 15.9. The number of nitrogens with zero attached hydrogens (tertiary/aromatic N) is 3. The van der Waals surface area contributed by atoms with Gasteiger partial charge in [0.05, 0.1) is 19.3 Å². The van der Waals surface area contributed by atoms with Crippen LogP contribution in [0.1, 0.15) is 11.8 Å². The highest BCUT2D eigenvalue weighted by Crippen LogP contribution is 2.34. The zero-order valence-corrected chi connectivity index (χ0v) is 14.1. The number of ether oxygens (including phenoxy) is 1. The van der Waals surface area contributed by atoms with Gasteiger partial charge in [-0.05, 0) is 24.3 Å². The molecule has 0 radical (unpaired) electrons. The number of hydrogen-bond acceptors (Lipinski definition) is 7. The lowest BCUT2D eigenvalue weighted by Gasteiger charge is -2.35. The minimum Gasteiger partial charge on any atom is -0.495 e. The van der Waals surface area contributed by atoms with Crippen LogP contribution < -0.4 is 4.74 Å². The van der Waals surface area contributed by atoms with Crippen LogP contribution in [0, 0.1) is 0 Å². The molecule has 3 aromatic rings. The maximum atomic E-state index is 12.7. The fourth-order valence-electron chi connectivity index (χ4n) is 2.67. The summed E-state index contributed by atoms with van der Waals surface area (Å²) in [5.74, 6) is 1.45. The fraction of sp³-hybridized carbons (Fsp3) is 0.250. The Labute approximate surface area is 144 Å². The Morgan fingerprint density at radius 2 is 2.00 bits per heavy atom. The molecular formula is C16H15N3O5S. The third-order valence-electron chi connectivity index (χ3n) is 4.07. The van der Waals surface area contributed by atoms with Crippen molar-refractivity contribution >= 4 is 10.0 Å². The first kappa shape index (κ1) is 15.9. The quantitative estimate of drug-likeness (QED) is 0.686. The van der Waals surface area contributed by atoms with Crippen molar-refractivity contribution in [1.29, 1.82) is 0 Å². The van der Waals surface area contributed by atoms with Gasteiger partial charge in [0.2, 0.25) is 21.7 Å². The number of para-hydroxylation sites is 1. The van der Waals surface area contributed by atoms with Crippen LogP contribution in [0.25, 0.3) is 11.6 Å². The molecule has 8 nitrogen and oxygen atoms in total. The number of aromatic nitrogens is 2. The van der Waals surface area contributed by atoms with E-state index in [2.05, 4.69) is 10.1 Å². The largest absolute Gasteiger partial charge is 0.495 e. The van der Waals surface area contributed by atoms with E-state index in [1.165, 1.54) is 23.7 Å². The molecule has 0 spiro atoms. The van der Waals surface area contributed by atoms with Crippen LogP contribution in [-0.2, 0) is 10.0 Å². The van der Waals surface area contributed by atoms with Crippen molar-refractivity contribution in [3.05, 3.63) is 48.6 Å². The summed E-state index contributed by atoms with van der Waals surface area (Å²) < 4.78 is 42.4. The minimum atomic E-state index is -3.62. The highest BCUT2D eigenvalue weighted by Gasteiger charge is 2.41. The van der Waals surface area contributed by atoms with E-state index in [9.17, 15) is 8.42 Å². The summed E-state index contributed by atoms with van der Waals surface area (Å²) in [6.45, 7) is 0.556. The molecule has 0 N–H and O–H groups in total. The molecule has 4 rings (SSSR count). The number of benzene rings is 1. The van der Waals surface area contributed by atoms with Crippen molar-refractivity contribution in [2.45, 2.75) is 10.8 Å². The Bertz CT molecular complexity index is 975. The number of methoxy groups -OCH3 is 1. The van der Waals surface area contributed by atoms with Crippen LogP contribution >= 0.6 is 0 Å². The van der Waals surface area contributed by atoms with Gasteiger partial charge >= 0.3 is 0 Å². The van der Waals surface area contributed by atoms with Crippen molar-refractivity contribution in [2.75, 3.05) is 20.2 Å². The Hall–Kier alpha value is -2.65. The zero-order valence-electron chi connectivity index (χ0n) is 13.3. The van der Waals surface area contributed by atoms with E-state index in [0.29, 0.717) is 23.2 Å². The van der Waals surface area contributed by atoms with Gasteiger partial charge in [-0.25, -0.2) is 8.42 Å². The van der Waals surface area contributed by atoms with Crippen LogP contribution in [0.3, 0.4) is 0 Å². The molecule has 0 saturated carbocycles. The van der Waals surface area contributed by atoms with E-state index in [-0.39, 0.29) is 23.9 Å². The van der Waals surface area contributed by atoms with Crippen LogP contribution in [0.4, 0.5) is 0 Å². The summed E-state index contributed by atoms with van der Waals surface area (Å²) in [6.07, 6.45) is 1.52. The first-order valence-electron chi connectivity index (χ1n) is 7.60. The third kappa shape index (κ3) is 2.71. The first-order chi connectivity index (χ1) is 12.1. The van der Waals surface area contributed by atoms with Crippen LogP contribution in [0.15, 0.2) is 56.5 Å². The predicted molar refractivity (Wildman–Crippen MR) is 86.5 cm³/mol. The van der Waals surface area contributed by atoms with Gasteiger partial charge in [-0.15, -0.1) is 0 Å². The smallest absolute Gasteiger partial charge is 0.246 e. The minimum absolute atomic E-state index is 0.138. The molecule has 25 heavy (non-hydrogen) atoms. The average molecular weight is 361 g/mol. The maximum Gasteiger partial charge on any atom is 0.246 e. The Balaban J connectivity index is 1.50. The summed E-state index contributed by atoms with van der Waals surface area (Å²) in [6, 6.07) is 10.0. The molecule has 0 unspecified atom stereocenters. The lowest BCUT2D eigenvalue weighted by molar-refractivity contribution is 0.216. The molecule has 0 amide bonds. The van der Waals surface area contributed by atoms with Gasteiger partial charge in [0.1, 0.15) is 10.6 Å². The van der Waals surface area contributed by atoms with Gasteiger partial charge in [0.15, 0.2) is 5.76 Å². The molecule has 130 valence electrons. The molecule has 1 aromatic carbocycles. The van der Waals surface area contributed by atoms with Gasteiger partial charge in [-0.3, -0.25) is 0 Å². The number of rotatable bonds is 5. The van der Waals surface area contributed by atoms with Crippen molar-refractivity contribution in [1.82, 2.24) is 14.4 Å². The molecule has 0 atom stereocenters. The van der Waals surface area contributed by atoms with Crippen molar-refractivity contribution in [3.8, 4) is 17.3 Å². The second kappa shape index (κ2) is 6.01. The van der Waals surface area contributed by atoms with E-state index in [0.717, 1.165) is 0 Å². The summed E-state index contributed by atoms with van der Waals surface area (Å²) in [5, 5.41) is 3.87. The standard InChI is InChI=1S/C16H15N3O5S/c1-22-12-5-2-3-7-14(12)25(20,21)19-9-11(10-19)16-17-15(18-24-16)13-6-4-8-23-13/h2-8,11H,9-10H2,1H3. The van der Waals surface area contributed by atoms with Gasteiger partial charge < -0.3 is 13.7 Å². The average Bonchev–Trinajstić information content (AvgIpc) is 3.24. The topological polar surface area (TPSA) is 98.7 Å². The highest BCUT2D eigenvalue weighted by molar-refractivity contribution is 7.89. The summed E-state index contributed by atoms with van der Waals surface area (Å²) in [5.41, 5.74) is 0. The van der Waals surface area contributed by atoms with Gasteiger partial charge in [-0.1, -0.05) is 17.3 Å². The number of furan rings is 1. The van der Waals surface area contributed by atoms with E-state index in [4.69, 9.17) is 13.7 Å². The second-order valence-electron chi connectivity index (χ2n) is 5.60. The molecule has 2 aromatic heterocycles. The van der Waals surface area contributed by atoms with E-state index in [1.807, 2.05) is 0 Å². The van der Waals surface area contributed by atoms with E-state index in [1.54, 1.807) is 30.3 Å². The molecule has 3 heterocycles. The molecule has 9 heteroatoms. The fourth-order valence-corrected chi connectivity index (χ4v) is 4.36. The summed E-state index contributed by atoms with van der Waals surface area (Å²) >= 11 is 0. The van der Waals surface area contributed by atoms with Gasteiger partial charge in [0, 0.05) is 13.1 Å². The lowest BCUT2D eigenvalue weighted by Crippen LogP contribution is -2.48. The van der Waals surface area contributed by atoms with Crippen LogP contribution in [-0.4, -0.2) is 43.1 Å². The zero-order chi connectivity index (χ0) is 17.4. The Morgan fingerprint density at radius 3 is 2.72 bits per heavy atom. The molecule has 1 saturated heterocycles. The SMILES string of the molecule is COc1ccccc1S(=O)(=O)N1CC(c2nc(-c3ccco3)no2)C1. The molecular weight excluding hydrogens is 346 g/mol. The number of hydrogen-bond donors (Lipinski definition) is 0. The molecule has 0 aliphatic carbocycles. The van der Waals surface area contributed by atoms with Crippen molar-refractivity contribution in [2.24, 2.45) is 0 Å². The first-order valence-corrected chi connectivity index (χ1v) is 9.04. The van der Waals surface area contributed by atoms with Gasteiger partial charge in [-0.2, -0.15) is 9.29 Å². The van der Waals surface area contributed by atoms with E-state index < -0.39 is 10.0 Å². The number of sulfonamides is 1.